The van der Waals surface area contributed by atoms with E-state index in [1.165, 1.54) is 11.1 Å². The molecule has 0 fully saturated rings. The first-order valence-corrected chi connectivity index (χ1v) is 7.57. The highest BCUT2D eigenvalue weighted by Gasteiger charge is 2.17. The highest BCUT2D eigenvalue weighted by Crippen LogP contribution is 2.18. The molecule has 2 N–H and O–H groups in total. The van der Waals surface area contributed by atoms with Gasteiger partial charge in [-0.05, 0) is 47.6 Å². The summed E-state index contributed by atoms with van der Waals surface area (Å²) in [5.74, 6) is 0. The molecule has 3 nitrogen and oxygen atoms in total. The summed E-state index contributed by atoms with van der Waals surface area (Å²) in [7, 11) is 0. The Labute approximate surface area is 132 Å². The van der Waals surface area contributed by atoms with Gasteiger partial charge in [0.1, 0.15) is 0 Å². The average Bonchev–Trinajstić information content (AvgIpc) is 2.49. The van der Waals surface area contributed by atoms with Crippen molar-refractivity contribution in [3.63, 3.8) is 0 Å². The van der Waals surface area contributed by atoms with Gasteiger partial charge in [-0.3, -0.25) is 5.01 Å². The molecule has 1 aliphatic heterocycles. The topological polar surface area (TPSA) is 27.3 Å². The standard InChI is InChI=1S/C15H14BrN3S/c16-13-5-7-14(8-6-13)18-15(20)19-10-12-4-2-1-3-11(12)9-17-19/h1-8,17H,9-10H2,(H,18,20). The monoisotopic (exact) mass is 347 g/mol. The number of halogens is 1. The van der Waals surface area contributed by atoms with Crippen molar-refractivity contribution in [3.8, 4) is 0 Å². The Morgan fingerprint density at radius 1 is 1.10 bits per heavy atom. The quantitative estimate of drug-likeness (QED) is 0.769. The molecule has 0 atom stereocenters. The molecule has 0 amide bonds. The van der Waals surface area contributed by atoms with E-state index in [9.17, 15) is 0 Å². The summed E-state index contributed by atoms with van der Waals surface area (Å²) >= 11 is 8.88. The molecular weight excluding hydrogens is 334 g/mol. The minimum atomic E-state index is 0.682. The second-order valence-corrected chi connectivity index (χ2v) is 5.93. The van der Waals surface area contributed by atoms with E-state index in [1.54, 1.807) is 0 Å². The molecule has 0 unspecified atom stereocenters. The van der Waals surface area contributed by atoms with E-state index in [1.807, 2.05) is 29.3 Å². The number of hydrogen-bond acceptors (Lipinski definition) is 2. The maximum Gasteiger partial charge on any atom is 0.188 e. The van der Waals surface area contributed by atoms with Crippen LogP contribution in [0.3, 0.4) is 0 Å². The molecular formula is C15H14BrN3S. The van der Waals surface area contributed by atoms with Crippen molar-refractivity contribution in [1.82, 2.24) is 10.4 Å². The van der Waals surface area contributed by atoms with Gasteiger partial charge in [0, 0.05) is 16.7 Å². The van der Waals surface area contributed by atoms with Crippen molar-refractivity contribution in [3.05, 3.63) is 64.1 Å². The first-order chi connectivity index (χ1) is 9.72. The van der Waals surface area contributed by atoms with Crippen molar-refractivity contribution in [1.29, 1.82) is 0 Å². The molecule has 102 valence electrons. The number of nitrogens with one attached hydrogen (secondary N) is 2. The molecule has 20 heavy (non-hydrogen) atoms. The van der Waals surface area contributed by atoms with Gasteiger partial charge in [0.05, 0.1) is 6.54 Å². The summed E-state index contributed by atoms with van der Waals surface area (Å²) in [5, 5.41) is 5.90. The number of thiocarbonyl (C=S) groups is 1. The zero-order valence-electron chi connectivity index (χ0n) is 10.8. The maximum absolute atomic E-state index is 5.46. The third-order valence-electron chi connectivity index (χ3n) is 3.25. The molecule has 3 rings (SSSR count). The molecule has 2 aromatic rings. The minimum Gasteiger partial charge on any atom is -0.332 e. The maximum atomic E-state index is 5.46. The van der Waals surface area contributed by atoms with Crippen LogP contribution in [0.25, 0.3) is 0 Å². The van der Waals surface area contributed by atoms with Crippen LogP contribution in [-0.4, -0.2) is 10.1 Å². The summed E-state index contributed by atoms with van der Waals surface area (Å²) in [6.07, 6.45) is 0. The molecule has 0 radical (unpaired) electrons. The van der Waals surface area contributed by atoms with Crippen LogP contribution in [0.4, 0.5) is 5.69 Å². The van der Waals surface area contributed by atoms with Crippen molar-refractivity contribution >= 4 is 38.9 Å². The minimum absolute atomic E-state index is 0.682. The lowest BCUT2D eigenvalue weighted by molar-refractivity contribution is 0.279. The molecule has 0 spiro atoms. The van der Waals surface area contributed by atoms with Crippen LogP contribution >= 0.6 is 28.1 Å². The fourth-order valence-electron chi connectivity index (χ4n) is 2.16. The lowest BCUT2D eigenvalue weighted by Crippen LogP contribution is -2.47. The van der Waals surface area contributed by atoms with Crippen LogP contribution in [0.15, 0.2) is 53.0 Å². The summed E-state index contributed by atoms with van der Waals surface area (Å²) in [6, 6.07) is 16.4. The average molecular weight is 348 g/mol. The lowest BCUT2D eigenvalue weighted by Gasteiger charge is -2.31. The van der Waals surface area contributed by atoms with Gasteiger partial charge in [-0.25, -0.2) is 5.43 Å². The van der Waals surface area contributed by atoms with E-state index in [2.05, 4.69) is 50.9 Å². The Morgan fingerprint density at radius 2 is 1.80 bits per heavy atom. The molecule has 0 aromatic heterocycles. The predicted octanol–water partition coefficient (Wildman–Crippen LogP) is 3.67. The van der Waals surface area contributed by atoms with Crippen molar-refractivity contribution in [2.75, 3.05) is 5.32 Å². The van der Waals surface area contributed by atoms with Crippen molar-refractivity contribution < 1.29 is 0 Å². The molecule has 1 heterocycles. The zero-order valence-corrected chi connectivity index (χ0v) is 13.2. The molecule has 0 saturated carbocycles. The Hall–Kier alpha value is -1.43. The van der Waals surface area contributed by atoms with Gasteiger partial charge in [-0.2, -0.15) is 0 Å². The van der Waals surface area contributed by atoms with E-state index >= 15 is 0 Å². The van der Waals surface area contributed by atoms with Crippen LogP contribution < -0.4 is 10.7 Å². The summed E-state index contributed by atoms with van der Waals surface area (Å²) < 4.78 is 1.05. The van der Waals surface area contributed by atoms with E-state index < -0.39 is 0 Å². The Morgan fingerprint density at radius 3 is 2.55 bits per heavy atom. The zero-order chi connectivity index (χ0) is 13.9. The van der Waals surface area contributed by atoms with Gasteiger partial charge in [0.15, 0.2) is 5.11 Å². The third-order valence-corrected chi connectivity index (χ3v) is 4.10. The van der Waals surface area contributed by atoms with E-state index in [-0.39, 0.29) is 0 Å². The second-order valence-electron chi connectivity index (χ2n) is 4.63. The fourth-order valence-corrected chi connectivity index (χ4v) is 2.67. The van der Waals surface area contributed by atoms with Crippen LogP contribution in [0.2, 0.25) is 0 Å². The molecule has 0 aliphatic carbocycles. The van der Waals surface area contributed by atoms with Gasteiger partial charge < -0.3 is 5.32 Å². The molecule has 5 heteroatoms. The highest BCUT2D eigenvalue weighted by atomic mass is 79.9. The van der Waals surface area contributed by atoms with Crippen LogP contribution in [-0.2, 0) is 13.1 Å². The van der Waals surface area contributed by atoms with Crippen LogP contribution in [0, 0.1) is 0 Å². The summed E-state index contributed by atoms with van der Waals surface area (Å²) in [5.41, 5.74) is 6.95. The third kappa shape index (κ3) is 3.00. The first kappa shape index (κ1) is 13.5. The largest absolute Gasteiger partial charge is 0.332 e. The van der Waals surface area contributed by atoms with Gasteiger partial charge in [0.2, 0.25) is 0 Å². The molecule has 1 aliphatic rings. The number of benzene rings is 2. The predicted molar refractivity (Wildman–Crippen MR) is 89.2 cm³/mol. The van der Waals surface area contributed by atoms with E-state index in [0.717, 1.165) is 23.2 Å². The smallest absolute Gasteiger partial charge is 0.188 e. The van der Waals surface area contributed by atoms with Gasteiger partial charge >= 0.3 is 0 Å². The number of nitrogens with zero attached hydrogens (tertiary/aromatic N) is 1. The van der Waals surface area contributed by atoms with Crippen molar-refractivity contribution in [2.45, 2.75) is 13.1 Å². The van der Waals surface area contributed by atoms with E-state index in [4.69, 9.17) is 12.2 Å². The normalized spacial score (nSPS) is 13.8. The molecule has 2 aromatic carbocycles. The van der Waals surface area contributed by atoms with Gasteiger partial charge in [0.25, 0.3) is 0 Å². The Balaban J connectivity index is 1.68. The Bertz CT molecular complexity index is 627. The fraction of sp³-hybridized carbons (Fsp3) is 0.133. The lowest BCUT2D eigenvalue weighted by atomic mass is 10.1. The summed E-state index contributed by atoms with van der Waals surface area (Å²) in [6.45, 7) is 1.58. The van der Waals surface area contributed by atoms with E-state index in [0.29, 0.717) is 5.11 Å². The summed E-state index contributed by atoms with van der Waals surface area (Å²) in [4.78, 5) is 0. The van der Waals surface area contributed by atoms with Gasteiger partial charge in [-0.15, -0.1) is 0 Å². The Kier molecular flexibility index (Phi) is 4.00. The second kappa shape index (κ2) is 5.91. The number of hydrogen-bond donors (Lipinski definition) is 2. The number of fused-ring (bicyclic) bond motifs is 1. The highest BCUT2D eigenvalue weighted by molar-refractivity contribution is 9.10. The van der Waals surface area contributed by atoms with Gasteiger partial charge in [-0.1, -0.05) is 40.2 Å². The van der Waals surface area contributed by atoms with Crippen LogP contribution in [0.1, 0.15) is 11.1 Å². The number of hydrazine groups is 1. The SMILES string of the molecule is S=C(Nc1ccc(Br)cc1)N1Cc2ccccc2CN1. The number of rotatable bonds is 1. The molecule has 0 saturated heterocycles. The molecule has 0 bridgehead atoms. The first-order valence-electron chi connectivity index (χ1n) is 6.37. The van der Waals surface area contributed by atoms with Crippen LogP contribution in [0.5, 0.6) is 0 Å². The van der Waals surface area contributed by atoms with Crippen molar-refractivity contribution in [2.24, 2.45) is 0 Å². The number of anilines is 1.